The molecule has 1 aromatic heterocycles. The van der Waals surface area contributed by atoms with Gasteiger partial charge in [-0.25, -0.2) is 8.42 Å². The third-order valence-electron chi connectivity index (χ3n) is 4.67. The molecule has 1 fully saturated rings. The summed E-state index contributed by atoms with van der Waals surface area (Å²) in [6, 6.07) is 14.2. The zero-order chi connectivity index (χ0) is 18.9. The van der Waals surface area contributed by atoms with Crippen LogP contribution in [-0.4, -0.2) is 18.6 Å². The van der Waals surface area contributed by atoms with Crippen molar-refractivity contribution in [1.29, 1.82) is 0 Å². The number of hydrogen-bond acceptors (Lipinski definition) is 5. The lowest BCUT2D eigenvalue weighted by molar-refractivity contribution is 0.379. The van der Waals surface area contributed by atoms with Crippen LogP contribution in [0.4, 0.5) is 5.69 Å². The first kappa shape index (κ1) is 17.7. The molecule has 1 N–H and O–H groups in total. The second-order valence-corrected chi connectivity index (χ2v) is 8.44. The van der Waals surface area contributed by atoms with Crippen LogP contribution in [0, 0.1) is 0 Å². The zero-order valence-corrected chi connectivity index (χ0v) is 15.9. The Kier molecular flexibility index (Phi) is 4.70. The van der Waals surface area contributed by atoms with Gasteiger partial charge in [-0.05, 0) is 48.6 Å². The Morgan fingerprint density at radius 3 is 2.56 bits per heavy atom. The van der Waals surface area contributed by atoms with Crippen molar-refractivity contribution in [2.24, 2.45) is 0 Å². The summed E-state index contributed by atoms with van der Waals surface area (Å²) in [6.07, 6.45) is 3.45. The van der Waals surface area contributed by atoms with Gasteiger partial charge in [-0.1, -0.05) is 42.4 Å². The lowest BCUT2D eigenvalue weighted by Gasteiger charge is -2.12. The number of nitrogens with zero attached hydrogens (tertiary/aromatic N) is 2. The van der Waals surface area contributed by atoms with Crippen LogP contribution in [0.15, 0.2) is 57.9 Å². The van der Waals surface area contributed by atoms with Crippen molar-refractivity contribution in [2.75, 3.05) is 4.72 Å². The molecule has 0 spiro atoms. The van der Waals surface area contributed by atoms with Crippen molar-refractivity contribution in [2.45, 2.75) is 43.4 Å². The fraction of sp³-hybridized carbons (Fsp3) is 0.300. The lowest BCUT2D eigenvalue weighted by Crippen LogP contribution is -2.14. The van der Waals surface area contributed by atoms with Crippen molar-refractivity contribution in [3.8, 4) is 0 Å². The first-order valence-corrected chi connectivity index (χ1v) is 10.6. The Bertz CT molecular complexity index is 1040. The maximum Gasteiger partial charge on any atom is 0.261 e. The van der Waals surface area contributed by atoms with E-state index in [1.807, 2.05) is 31.2 Å². The third kappa shape index (κ3) is 4.03. The summed E-state index contributed by atoms with van der Waals surface area (Å²) in [6.45, 7) is 2.03. The molecule has 1 saturated carbocycles. The molecule has 7 heteroatoms. The molecule has 2 aromatic carbocycles. The van der Waals surface area contributed by atoms with Gasteiger partial charge in [0.2, 0.25) is 5.89 Å². The van der Waals surface area contributed by atoms with Crippen LogP contribution < -0.4 is 4.72 Å². The molecule has 0 bridgehead atoms. The highest BCUT2D eigenvalue weighted by molar-refractivity contribution is 7.92. The smallest absolute Gasteiger partial charge is 0.261 e. The van der Waals surface area contributed by atoms with Gasteiger partial charge in [0.15, 0.2) is 5.82 Å². The highest BCUT2D eigenvalue weighted by Crippen LogP contribution is 2.38. The summed E-state index contributed by atoms with van der Waals surface area (Å²) in [7, 11) is -3.67. The second-order valence-electron chi connectivity index (χ2n) is 6.76. The summed E-state index contributed by atoms with van der Waals surface area (Å²) < 4.78 is 33.5. The molecular weight excluding hydrogens is 362 g/mol. The van der Waals surface area contributed by atoms with E-state index in [0.717, 1.165) is 36.2 Å². The van der Waals surface area contributed by atoms with Crippen LogP contribution in [0.3, 0.4) is 0 Å². The Hall–Kier alpha value is -2.67. The molecule has 0 aliphatic heterocycles. The van der Waals surface area contributed by atoms with Crippen LogP contribution in [-0.2, 0) is 22.9 Å². The lowest BCUT2D eigenvalue weighted by atomic mass is 10.1. The average Bonchev–Trinajstić information content (AvgIpc) is 3.42. The first-order valence-electron chi connectivity index (χ1n) is 9.07. The Labute approximate surface area is 158 Å². The van der Waals surface area contributed by atoms with Gasteiger partial charge in [0.05, 0.1) is 17.0 Å². The average molecular weight is 383 g/mol. The summed E-state index contributed by atoms with van der Waals surface area (Å²) in [5.41, 5.74) is 2.40. The molecule has 0 atom stereocenters. The van der Waals surface area contributed by atoms with Crippen molar-refractivity contribution in [3.05, 3.63) is 71.4 Å². The number of aryl methyl sites for hydroxylation is 1. The van der Waals surface area contributed by atoms with E-state index >= 15 is 0 Å². The number of hydrogen-bond donors (Lipinski definition) is 1. The predicted octanol–water partition coefficient (Wildman–Crippen LogP) is 3.90. The van der Waals surface area contributed by atoms with E-state index in [9.17, 15) is 8.42 Å². The van der Waals surface area contributed by atoms with Crippen molar-refractivity contribution < 1.29 is 12.9 Å². The number of anilines is 1. The van der Waals surface area contributed by atoms with Crippen molar-refractivity contribution in [3.63, 3.8) is 0 Å². The van der Waals surface area contributed by atoms with Crippen LogP contribution >= 0.6 is 0 Å². The van der Waals surface area contributed by atoms with E-state index in [4.69, 9.17) is 4.52 Å². The summed E-state index contributed by atoms with van der Waals surface area (Å²) in [5, 5.41) is 4.02. The normalized spacial score (nSPS) is 14.3. The van der Waals surface area contributed by atoms with Gasteiger partial charge in [-0.2, -0.15) is 4.98 Å². The molecule has 27 heavy (non-hydrogen) atoms. The molecule has 6 nitrogen and oxygen atoms in total. The van der Waals surface area contributed by atoms with Gasteiger partial charge in [0.1, 0.15) is 0 Å². The summed E-state index contributed by atoms with van der Waals surface area (Å²) in [5.74, 6) is 1.66. The predicted molar refractivity (Wildman–Crippen MR) is 102 cm³/mol. The molecule has 1 heterocycles. The quantitative estimate of drug-likeness (QED) is 0.669. The Balaban J connectivity index is 1.56. The number of nitrogens with one attached hydrogen (secondary N) is 1. The van der Waals surface area contributed by atoms with Gasteiger partial charge in [0, 0.05) is 5.92 Å². The van der Waals surface area contributed by atoms with Crippen molar-refractivity contribution in [1.82, 2.24) is 10.1 Å². The standard InChI is InChI=1S/C20H21N3O3S/c1-2-14-7-11-17(12-8-14)27(24,25)23-18-6-4-3-5-16(18)13-19-21-20(22-26-19)15-9-10-15/h3-8,11-12,15,23H,2,9-10,13H2,1H3. The number of aromatic nitrogens is 2. The van der Waals surface area contributed by atoms with Crippen LogP contribution in [0.5, 0.6) is 0 Å². The summed E-state index contributed by atoms with van der Waals surface area (Å²) in [4.78, 5) is 4.67. The summed E-state index contributed by atoms with van der Waals surface area (Å²) >= 11 is 0. The molecule has 1 aliphatic rings. The third-order valence-corrected chi connectivity index (χ3v) is 6.05. The maximum atomic E-state index is 12.7. The molecule has 4 rings (SSSR count). The number of para-hydroxylation sites is 1. The van der Waals surface area contributed by atoms with Crippen molar-refractivity contribution >= 4 is 15.7 Å². The van der Waals surface area contributed by atoms with E-state index in [1.165, 1.54) is 0 Å². The van der Waals surface area contributed by atoms with Gasteiger partial charge < -0.3 is 4.52 Å². The molecule has 0 amide bonds. The van der Waals surface area contributed by atoms with E-state index in [0.29, 0.717) is 23.9 Å². The second kappa shape index (κ2) is 7.15. The molecule has 0 saturated heterocycles. The van der Waals surface area contributed by atoms with Crippen LogP contribution in [0.1, 0.15) is 48.5 Å². The molecule has 0 radical (unpaired) electrons. The fourth-order valence-corrected chi connectivity index (χ4v) is 3.99. The van der Waals surface area contributed by atoms with Crippen LogP contribution in [0.25, 0.3) is 0 Å². The highest BCUT2D eigenvalue weighted by atomic mass is 32.2. The SMILES string of the molecule is CCc1ccc(S(=O)(=O)Nc2ccccc2Cc2nc(C3CC3)no2)cc1. The maximum absolute atomic E-state index is 12.7. The van der Waals surface area contributed by atoms with Gasteiger partial charge in [-0.3, -0.25) is 4.72 Å². The minimum Gasteiger partial charge on any atom is -0.339 e. The number of sulfonamides is 1. The van der Waals surface area contributed by atoms with E-state index < -0.39 is 10.0 Å². The van der Waals surface area contributed by atoms with Crippen LogP contribution in [0.2, 0.25) is 0 Å². The van der Waals surface area contributed by atoms with E-state index in [2.05, 4.69) is 14.9 Å². The number of rotatable bonds is 7. The van der Waals surface area contributed by atoms with Gasteiger partial charge in [0.25, 0.3) is 10.0 Å². The molecule has 3 aromatic rings. The molecule has 0 unspecified atom stereocenters. The minimum absolute atomic E-state index is 0.239. The zero-order valence-electron chi connectivity index (χ0n) is 15.1. The van der Waals surface area contributed by atoms with Gasteiger partial charge in [-0.15, -0.1) is 0 Å². The largest absolute Gasteiger partial charge is 0.339 e. The topological polar surface area (TPSA) is 85.1 Å². The number of benzene rings is 2. The van der Waals surface area contributed by atoms with Gasteiger partial charge >= 0.3 is 0 Å². The highest BCUT2D eigenvalue weighted by Gasteiger charge is 2.29. The van der Waals surface area contributed by atoms with E-state index in [-0.39, 0.29) is 4.90 Å². The minimum atomic E-state index is -3.67. The molecular formula is C20H21N3O3S. The molecule has 140 valence electrons. The first-order chi connectivity index (χ1) is 13.0. The molecule has 1 aliphatic carbocycles. The fourth-order valence-electron chi connectivity index (χ4n) is 2.89. The van der Waals surface area contributed by atoms with E-state index in [1.54, 1.807) is 24.3 Å². The Morgan fingerprint density at radius 2 is 1.85 bits per heavy atom. The Morgan fingerprint density at radius 1 is 1.11 bits per heavy atom. The monoisotopic (exact) mass is 383 g/mol.